The molecule has 0 spiro atoms. The van der Waals surface area contributed by atoms with Crippen LogP contribution in [-0.4, -0.2) is 53.7 Å². The molecule has 1 rings (SSSR count). The summed E-state index contributed by atoms with van der Waals surface area (Å²) in [7, 11) is 1.84. The fourth-order valence-corrected chi connectivity index (χ4v) is 1.49. The summed E-state index contributed by atoms with van der Waals surface area (Å²) in [6.07, 6.45) is -0.403. The Labute approximate surface area is 66.4 Å². The first-order valence-electron chi connectivity index (χ1n) is 3.84. The third-order valence-corrected chi connectivity index (χ3v) is 2.13. The highest BCUT2D eigenvalue weighted by atomic mass is 16.4. The van der Waals surface area contributed by atoms with Crippen molar-refractivity contribution in [2.24, 2.45) is 0 Å². The Morgan fingerprint density at radius 2 is 2.27 bits per heavy atom. The van der Waals surface area contributed by atoms with Crippen LogP contribution in [0.15, 0.2) is 0 Å². The molecule has 1 fully saturated rings. The first kappa shape index (κ1) is 8.49. The molecule has 4 nitrogen and oxygen atoms in total. The highest BCUT2D eigenvalue weighted by Gasteiger charge is 2.33. The molecule has 1 aliphatic heterocycles. The van der Waals surface area contributed by atoms with Crippen molar-refractivity contribution in [2.75, 3.05) is 26.7 Å². The molecule has 0 aliphatic carbocycles. The maximum atomic E-state index is 10.7. The van der Waals surface area contributed by atoms with Gasteiger partial charge in [-0.25, -0.2) is 4.79 Å². The second-order valence-electron chi connectivity index (χ2n) is 2.82. The lowest BCUT2D eigenvalue weighted by molar-refractivity contribution is -0.146. The first-order valence-corrected chi connectivity index (χ1v) is 3.84. The number of carboxylic acid groups (broad SMARTS) is 1. The van der Waals surface area contributed by atoms with Crippen molar-refractivity contribution in [3.8, 4) is 0 Å². The molecule has 0 amide bonds. The van der Waals surface area contributed by atoms with Gasteiger partial charge in [-0.05, 0) is 13.6 Å². The normalized spacial score (nSPS) is 27.6. The fraction of sp³-hybridized carbons (Fsp3) is 0.857. The number of carboxylic acids is 1. The van der Waals surface area contributed by atoms with Gasteiger partial charge in [0.15, 0.2) is 6.17 Å². The molecule has 1 heterocycles. The number of carbonyl (C=O) groups is 1. The number of aliphatic carboxylic acids is 1. The Morgan fingerprint density at radius 3 is 2.64 bits per heavy atom. The van der Waals surface area contributed by atoms with Crippen LogP contribution in [-0.2, 0) is 4.79 Å². The lowest BCUT2D eigenvalue weighted by Gasteiger charge is -2.22. The standard InChI is InChI=1S/C7H14N2O2/c1-3-9-5-4-8(2)6(9)7(10)11/h6H,3-5H2,1-2H3,(H,10,11). The van der Waals surface area contributed by atoms with E-state index in [0.29, 0.717) is 0 Å². The molecule has 1 unspecified atom stereocenters. The summed E-state index contributed by atoms with van der Waals surface area (Å²) in [6.45, 7) is 4.51. The van der Waals surface area contributed by atoms with Crippen LogP contribution in [0.1, 0.15) is 6.92 Å². The minimum absolute atomic E-state index is 0.403. The monoisotopic (exact) mass is 158 g/mol. The zero-order valence-corrected chi connectivity index (χ0v) is 6.95. The van der Waals surface area contributed by atoms with Crippen molar-refractivity contribution in [1.82, 2.24) is 9.80 Å². The first-order chi connectivity index (χ1) is 5.16. The summed E-state index contributed by atoms with van der Waals surface area (Å²) >= 11 is 0. The van der Waals surface area contributed by atoms with E-state index in [1.807, 2.05) is 23.8 Å². The van der Waals surface area contributed by atoms with Gasteiger partial charge in [-0.2, -0.15) is 0 Å². The Bertz CT molecular complexity index is 161. The number of rotatable bonds is 2. The van der Waals surface area contributed by atoms with Gasteiger partial charge >= 0.3 is 5.97 Å². The molecular weight excluding hydrogens is 144 g/mol. The van der Waals surface area contributed by atoms with Crippen molar-refractivity contribution >= 4 is 5.97 Å². The average Bonchev–Trinajstić information content (AvgIpc) is 2.30. The number of nitrogens with zero attached hydrogens (tertiary/aromatic N) is 2. The second-order valence-corrected chi connectivity index (χ2v) is 2.82. The van der Waals surface area contributed by atoms with Gasteiger partial charge < -0.3 is 5.11 Å². The van der Waals surface area contributed by atoms with Gasteiger partial charge in [-0.15, -0.1) is 0 Å². The highest BCUT2D eigenvalue weighted by molar-refractivity contribution is 5.73. The smallest absolute Gasteiger partial charge is 0.336 e. The average molecular weight is 158 g/mol. The topological polar surface area (TPSA) is 43.8 Å². The summed E-state index contributed by atoms with van der Waals surface area (Å²) in [6, 6.07) is 0. The molecule has 1 saturated heterocycles. The summed E-state index contributed by atoms with van der Waals surface area (Å²) in [5, 5.41) is 8.80. The molecule has 64 valence electrons. The molecular formula is C7H14N2O2. The summed E-state index contributed by atoms with van der Waals surface area (Å²) in [5.41, 5.74) is 0. The maximum absolute atomic E-state index is 10.7. The van der Waals surface area contributed by atoms with Crippen LogP contribution >= 0.6 is 0 Å². The molecule has 0 radical (unpaired) electrons. The van der Waals surface area contributed by atoms with Crippen molar-refractivity contribution in [3.63, 3.8) is 0 Å². The Balaban J connectivity index is 2.63. The Hall–Kier alpha value is -0.610. The number of hydrogen-bond donors (Lipinski definition) is 1. The maximum Gasteiger partial charge on any atom is 0.336 e. The van der Waals surface area contributed by atoms with E-state index in [2.05, 4.69) is 0 Å². The zero-order valence-electron chi connectivity index (χ0n) is 6.95. The van der Waals surface area contributed by atoms with Crippen LogP contribution in [0, 0.1) is 0 Å². The largest absolute Gasteiger partial charge is 0.479 e. The molecule has 0 aromatic carbocycles. The predicted octanol–water partition coefficient (Wildman–Crippen LogP) is -0.336. The van der Waals surface area contributed by atoms with E-state index >= 15 is 0 Å². The van der Waals surface area contributed by atoms with E-state index in [1.165, 1.54) is 0 Å². The molecule has 0 bridgehead atoms. The van der Waals surface area contributed by atoms with E-state index in [0.717, 1.165) is 19.6 Å². The minimum atomic E-state index is -0.744. The Morgan fingerprint density at radius 1 is 1.64 bits per heavy atom. The Kier molecular flexibility index (Phi) is 2.46. The van der Waals surface area contributed by atoms with Crippen LogP contribution in [0.4, 0.5) is 0 Å². The van der Waals surface area contributed by atoms with Gasteiger partial charge in [0.2, 0.25) is 0 Å². The molecule has 11 heavy (non-hydrogen) atoms. The van der Waals surface area contributed by atoms with E-state index in [9.17, 15) is 4.79 Å². The molecule has 0 saturated carbocycles. The van der Waals surface area contributed by atoms with Gasteiger partial charge in [0, 0.05) is 13.1 Å². The SMILES string of the molecule is CCN1CCN(C)C1C(=O)O. The third-order valence-electron chi connectivity index (χ3n) is 2.13. The van der Waals surface area contributed by atoms with Crippen molar-refractivity contribution < 1.29 is 9.90 Å². The van der Waals surface area contributed by atoms with Crippen molar-refractivity contribution in [2.45, 2.75) is 13.1 Å². The van der Waals surface area contributed by atoms with Crippen LogP contribution in [0.5, 0.6) is 0 Å². The van der Waals surface area contributed by atoms with Gasteiger partial charge in [0.1, 0.15) is 0 Å². The van der Waals surface area contributed by atoms with E-state index < -0.39 is 12.1 Å². The second kappa shape index (κ2) is 3.19. The van der Waals surface area contributed by atoms with E-state index in [1.54, 1.807) is 0 Å². The molecule has 4 heteroatoms. The van der Waals surface area contributed by atoms with E-state index in [4.69, 9.17) is 5.11 Å². The van der Waals surface area contributed by atoms with Gasteiger partial charge in [-0.1, -0.05) is 6.92 Å². The molecule has 1 atom stereocenters. The molecule has 1 aliphatic rings. The summed E-state index contributed by atoms with van der Waals surface area (Å²) < 4.78 is 0. The van der Waals surface area contributed by atoms with Gasteiger partial charge in [0.05, 0.1) is 0 Å². The van der Waals surface area contributed by atoms with Crippen LogP contribution in [0.25, 0.3) is 0 Å². The lowest BCUT2D eigenvalue weighted by atomic mass is 10.4. The quantitative estimate of drug-likeness (QED) is 0.597. The minimum Gasteiger partial charge on any atom is -0.479 e. The van der Waals surface area contributed by atoms with Crippen molar-refractivity contribution in [1.29, 1.82) is 0 Å². The van der Waals surface area contributed by atoms with Crippen molar-refractivity contribution in [3.05, 3.63) is 0 Å². The number of likely N-dealkylation sites (N-methyl/N-ethyl adjacent to an activating group) is 2. The van der Waals surface area contributed by atoms with Crippen LogP contribution < -0.4 is 0 Å². The zero-order chi connectivity index (χ0) is 8.43. The fourth-order valence-electron chi connectivity index (χ4n) is 1.49. The predicted molar refractivity (Wildman–Crippen MR) is 41.3 cm³/mol. The molecule has 1 N–H and O–H groups in total. The van der Waals surface area contributed by atoms with Gasteiger partial charge in [0.25, 0.3) is 0 Å². The summed E-state index contributed by atoms with van der Waals surface area (Å²) in [4.78, 5) is 14.5. The molecule has 0 aromatic rings. The molecule has 0 aromatic heterocycles. The highest BCUT2D eigenvalue weighted by Crippen LogP contribution is 2.11. The van der Waals surface area contributed by atoms with Crippen LogP contribution in [0.3, 0.4) is 0 Å². The number of hydrogen-bond acceptors (Lipinski definition) is 3. The third kappa shape index (κ3) is 1.52. The van der Waals surface area contributed by atoms with Gasteiger partial charge in [-0.3, -0.25) is 9.80 Å². The van der Waals surface area contributed by atoms with Crippen LogP contribution in [0.2, 0.25) is 0 Å². The van der Waals surface area contributed by atoms with E-state index in [-0.39, 0.29) is 0 Å². The summed E-state index contributed by atoms with van der Waals surface area (Å²) in [5.74, 6) is -0.744. The lowest BCUT2D eigenvalue weighted by Crippen LogP contribution is -2.43.